The zero-order chi connectivity index (χ0) is 15.0. The maximum Gasteiger partial charge on any atom is 0.128 e. The van der Waals surface area contributed by atoms with Gasteiger partial charge in [0.2, 0.25) is 0 Å². The number of likely N-dealkylation sites (tertiary alicyclic amines) is 1. The number of piperidine rings is 1. The topological polar surface area (TPSA) is 44.9 Å². The lowest BCUT2D eigenvalue weighted by Crippen LogP contribution is -2.34. The molecule has 2 heterocycles. The van der Waals surface area contributed by atoms with E-state index < -0.39 is 0 Å². The van der Waals surface area contributed by atoms with Crippen LogP contribution >= 0.6 is 11.6 Å². The third-order valence-corrected chi connectivity index (χ3v) is 4.36. The summed E-state index contributed by atoms with van der Waals surface area (Å²) in [5, 5.41) is 9.00. The molecule has 1 aromatic heterocycles. The predicted octanol–water partition coefficient (Wildman–Crippen LogP) is 3.47. The number of rotatable bonds is 2. The van der Waals surface area contributed by atoms with Gasteiger partial charge in [0.25, 0.3) is 0 Å². The maximum absolute atomic E-state index is 9.14. The Balaban J connectivity index is 2.17. The van der Waals surface area contributed by atoms with E-state index in [-0.39, 0.29) is 5.38 Å². The zero-order valence-corrected chi connectivity index (χ0v) is 13.1. The molecule has 0 amide bonds. The lowest BCUT2D eigenvalue weighted by Gasteiger charge is -2.32. The summed E-state index contributed by atoms with van der Waals surface area (Å²) >= 11 is 6.35. The van der Waals surface area contributed by atoms with Crippen molar-refractivity contribution in [1.82, 2.24) is 14.5 Å². The van der Waals surface area contributed by atoms with Crippen LogP contribution in [0.25, 0.3) is 11.0 Å². The number of alkyl halides is 1. The van der Waals surface area contributed by atoms with E-state index in [4.69, 9.17) is 21.8 Å². The fraction of sp³-hybridized carbons (Fsp3) is 0.500. The molecule has 4 nitrogen and oxygen atoms in total. The van der Waals surface area contributed by atoms with Gasteiger partial charge in [-0.2, -0.15) is 5.26 Å². The smallest absolute Gasteiger partial charge is 0.128 e. The van der Waals surface area contributed by atoms with Crippen molar-refractivity contribution >= 4 is 22.6 Å². The van der Waals surface area contributed by atoms with Crippen molar-refractivity contribution in [3.63, 3.8) is 0 Å². The van der Waals surface area contributed by atoms with Crippen LogP contribution in [0.5, 0.6) is 0 Å². The molecule has 1 fully saturated rings. The summed E-state index contributed by atoms with van der Waals surface area (Å²) in [7, 11) is 2.15. The minimum atomic E-state index is -0.143. The number of hydrogen-bond donors (Lipinski definition) is 0. The number of benzene rings is 1. The molecule has 3 rings (SSSR count). The van der Waals surface area contributed by atoms with Crippen LogP contribution in [0.3, 0.4) is 0 Å². The second-order valence-electron chi connectivity index (χ2n) is 5.83. The van der Waals surface area contributed by atoms with Gasteiger partial charge in [-0.15, -0.1) is 11.6 Å². The first kappa shape index (κ1) is 14.4. The molecule has 1 aromatic carbocycles. The van der Waals surface area contributed by atoms with Crippen molar-refractivity contribution in [1.29, 1.82) is 5.26 Å². The summed E-state index contributed by atoms with van der Waals surface area (Å²) in [5.74, 6) is 0.905. The third-order valence-electron chi connectivity index (χ3n) is 4.17. The lowest BCUT2D eigenvalue weighted by atomic mass is 10.1. The molecule has 5 heteroatoms. The van der Waals surface area contributed by atoms with Crippen molar-refractivity contribution < 1.29 is 0 Å². The van der Waals surface area contributed by atoms with Gasteiger partial charge in [-0.05, 0) is 51.6 Å². The van der Waals surface area contributed by atoms with Crippen molar-refractivity contribution in [3.05, 3.63) is 29.6 Å². The number of aromatic nitrogens is 2. The number of fused-ring (bicyclic) bond motifs is 1. The average molecular weight is 303 g/mol. The fourth-order valence-corrected chi connectivity index (χ4v) is 3.35. The second-order valence-corrected chi connectivity index (χ2v) is 6.48. The highest BCUT2D eigenvalue weighted by Gasteiger charge is 2.25. The monoisotopic (exact) mass is 302 g/mol. The molecule has 110 valence electrons. The fourth-order valence-electron chi connectivity index (χ4n) is 3.20. The summed E-state index contributed by atoms with van der Waals surface area (Å²) < 4.78 is 2.25. The number of halogens is 1. The van der Waals surface area contributed by atoms with Crippen LogP contribution in [0.4, 0.5) is 0 Å². The summed E-state index contributed by atoms with van der Waals surface area (Å²) in [6, 6.07) is 8.25. The Labute approximate surface area is 129 Å². The number of nitriles is 1. The Morgan fingerprint density at radius 1 is 1.48 bits per heavy atom. The number of nitrogens with zero attached hydrogens (tertiary/aromatic N) is 4. The maximum atomic E-state index is 9.14. The molecule has 0 radical (unpaired) electrons. The van der Waals surface area contributed by atoms with Crippen LogP contribution in [-0.4, -0.2) is 34.6 Å². The quantitative estimate of drug-likeness (QED) is 0.798. The van der Waals surface area contributed by atoms with Gasteiger partial charge in [-0.1, -0.05) is 0 Å². The van der Waals surface area contributed by atoms with Crippen LogP contribution in [0.15, 0.2) is 18.2 Å². The first-order chi connectivity index (χ1) is 10.1. The molecule has 21 heavy (non-hydrogen) atoms. The van der Waals surface area contributed by atoms with E-state index in [9.17, 15) is 0 Å². The summed E-state index contributed by atoms with van der Waals surface area (Å²) in [5.41, 5.74) is 2.61. The zero-order valence-electron chi connectivity index (χ0n) is 12.4. The molecule has 1 aliphatic rings. The van der Waals surface area contributed by atoms with Crippen molar-refractivity contribution in [3.8, 4) is 6.07 Å². The molecular weight excluding hydrogens is 284 g/mol. The molecule has 0 bridgehead atoms. The molecule has 0 aliphatic carbocycles. The number of imidazole rings is 1. The van der Waals surface area contributed by atoms with Gasteiger partial charge in [0.05, 0.1) is 28.0 Å². The molecule has 0 spiro atoms. The summed E-state index contributed by atoms with van der Waals surface area (Å²) in [6.45, 7) is 4.09. The molecule has 1 aliphatic heterocycles. The molecule has 1 saturated heterocycles. The van der Waals surface area contributed by atoms with Gasteiger partial charge in [-0.3, -0.25) is 0 Å². The van der Waals surface area contributed by atoms with E-state index in [1.54, 1.807) is 0 Å². The van der Waals surface area contributed by atoms with Crippen LogP contribution in [0.1, 0.15) is 42.6 Å². The van der Waals surface area contributed by atoms with E-state index in [0.717, 1.165) is 36.4 Å². The molecule has 0 N–H and O–H groups in total. The summed E-state index contributed by atoms with van der Waals surface area (Å²) in [4.78, 5) is 7.03. The molecule has 2 aromatic rings. The normalized spacial score (nSPS) is 21.3. The van der Waals surface area contributed by atoms with Crippen molar-refractivity contribution in [2.24, 2.45) is 0 Å². The van der Waals surface area contributed by atoms with E-state index >= 15 is 0 Å². The SMILES string of the molecule is CC(Cl)c1nc2ccc(C#N)cc2n1C1CCCN(C)C1. The molecule has 2 atom stereocenters. The van der Waals surface area contributed by atoms with Crippen molar-refractivity contribution in [2.75, 3.05) is 20.1 Å². The number of likely N-dealkylation sites (N-methyl/N-ethyl adjacent to an activating group) is 1. The van der Waals surface area contributed by atoms with Crippen LogP contribution in [-0.2, 0) is 0 Å². The van der Waals surface area contributed by atoms with Gasteiger partial charge < -0.3 is 9.47 Å². The first-order valence-corrected chi connectivity index (χ1v) is 7.78. The molecule has 2 unspecified atom stereocenters. The van der Waals surface area contributed by atoms with Gasteiger partial charge in [0.1, 0.15) is 5.82 Å². The van der Waals surface area contributed by atoms with Crippen molar-refractivity contribution in [2.45, 2.75) is 31.2 Å². The second kappa shape index (κ2) is 5.67. The van der Waals surface area contributed by atoms with E-state index in [1.165, 1.54) is 6.42 Å². The highest BCUT2D eigenvalue weighted by atomic mass is 35.5. The Morgan fingerprint density at radius 3 is 2.95 bits per heavy atom. The van der Waals surface area contributed by atoms with Gasteiger partial charge in [0, 0.05) is 12.6 Å². The summed E-state index contributed by atoms with van der Waals surface area (Å²) in [6.07, 6.45) is 2.30. The molecular formula is C16H19ClN4. The van der Waals surface area contributed by atoms with Crippen LogP contribution in [0, 0.1) is 11.3 Å². The number of hydrogen-bond acceptors (Lipinski definition) is 3. The largest absolute Gasteiger partial charge is 0.322 e. The predicted molar refractivity (Wildman–Crippen MR) is 84.5 cm³/mol. The van der Waals surface area contributed by atoms with E-state index in [0.29, 0.717) is 11.6 Å². The minimum absolute atomic E-state index is 0.143. The first-order valence-electron chi connectivity index (χ1n) is 7.34. The third kappa shape index (κ3) is 2.64. The highest BCUT2D eigenvalue weighted by molar-refractivity contribution is 6.20. The standard InChI is InChI=1S/C16H19ClN4/c1-11(17)16-19-14-6-5-12(9-18)8-15(14)21(16)13-4-3-7-20(2)10-13/h5-6,8,11,13H,3-4,7,10H2,1-2H3. The average Bonchev–Trinajstić information content (AvgIpc) is 2.85. The minimum Gasteiger partial charge on any atom is -0.322 e. The van der Waals surface area contributed by atoms with Crippen LogP contribution < -0.4 is 0 Å². The van der Waals surface area contributed by atoms with E-state index in [2.05, 4.69) is 22.6 Å². The van der Waals surface area contributed by atoms with Gasteiger partial charge in [0.15, 0.2) is 0 Å². The molecule has 0 saturated carbocycles. The Kier molecular flexibility index (Phi) is 3.88. The Bertz CT molecular complexity index is 698. The van der Waals surface area contributed by atoms with Gasteiger partial charge in [-0.25, -0.2) is 4.98 Å². The Hall–Kier alpha value is -1.57. The lowest BCUT2D eigenvalue weighted by molar-refractivity contribution is 0.212. The van der Waals surface area contributed by atoms with Gasteiger partial charge >= 0.3 is 0 Å². The van der Waals surface area contributed by atoms with Crippen LogP contribution in [0.2, 0.25) is 0 Å². The van der Waals surface area contributed by atoms with E-state index in [1.807, 2.05) is 25.1 Å². The highest BCUT2D eigenvalue weighted by Crippen LogP contribution is 2.32. The Morgan fingerprint density at radius 2 is 2.29 bits per heavy atom.